The first kappa shape index (κ1) is 12.2. The van der Waals surface area contributed by atoms with Crippen LogP contribution in [-0.4, -0.2) is 33.7 Å². The van der Waals surface area contributed by atoms with E-state index in [1.54, 1.807) is 12.1 Å². The Hall–Kier alpha value is -1.25. The lowest BCUT2D eigenvalue weighted by atomic mass is 9.97. The summed E-state index contributed by atoms with van der Waals surface area (Å²) in [5, 5.41) is 22.1. The van der Waals surface area contributed by atoms with Crippen molar-refractivity contribution in [3.63, 3.8) is 0 Å². The van der Waals surface area contributed by atoms with Gasteiger partial charge in [0.1, 0.15) is 11.9 Å². The van der Waals surface area contributed by atoms with Gasteiger partial charge in [-0.05, 0) is 36.5 Å². The summed E-state index contributed by atoms with van der Waals surface area (Å²) in [6.45, 7) is 0.520. The Kier molecular flexibility index (Phi) is 3.87. The van der Waals surface area contributed by atoms with Crippen molar-refractivity contribution in [2.45, 2.75) is 18.4 Å². The summed E-state index contributed by atoms with van der Waals surface area (Å²) in [5.41, 5.74) is -0.0655. The first-order valence-electron chi connectivity index (χ1n) is 5.62. The minimum Gasteiger partial charge on any atom is -0.388 e. The molecule has 4 nitrogen and oxygen atoms in total. The van der Waals surface area contributed by atoms with E-state index >= 15 is 0 Å². The van der Waals surface area contributed by atoms with Crippen LogP contribution in [0.4, 0.5) is 5.82 Å². The molecule has 1 saturated heterocycles. The van der Waals surface area contributed by atoms with Crippen LogP contribution in [0.5, 0.6) is 0 Å². The standard InChI is InChI=1S/C12H15N3OS/c13-7-10-1-2-11(14-8-10)15-9-12(16)3-5-17-6-4-12/h1-2,8,16H,3-6,9H2,(H,14,15). The molecule has 0 atom stereocenters. The van der Waals surface area contributed by atoms with Crippen molar-refractivity contribution >= 4 is 17.6 Å². The average Bonchev–Trinajstić information content (AvgIpc) is 2.38. The molecule has 0 amide bonds. The van der Waals surface area contributed by atoms with Crippen molar-refractivity contribution in [2.24, 2.45) is 0 Å². The van der Waals surface area contributed by atoms with E-state index in [1.807, 2.05) is 17.8 Å². The van der Waals surface area contributed by atoms with Crippen molar-refractivity contribution in [2.75, 3.05) is 23.4 Å². The number of nitriles is 1. The highest BCUT2D eigenvalue weighted by Gasteiger charge is 2.29. The number of rotatable bonds is 3. The smallest absolute Gasteiger partial charge is 0.126 e. The van der Waals surface area contributed by atoms with E-state index in [1.165, 1.54) is 6.20 Å². The van der Waals surface area contributed by atoms with Crippen molar-refractivity contribution in [1.82, 2.24) is 4.98 Å². The van der Waals surface area contributed by atoms with Gasteiger partial charge in [0.2, 0.25) is 0 Å². The Bertz CT molecular complexity index is 407. The van der Waals surface area contributed by atoms with Gasteiger partial charge in [-0.15, -0.1) is 0 Å². The van der Waals surface area contributed by atoms with Crippen LogP contribution in [0.2, 0.25) is 0 Å². The Labute approximate surface area is 105 Å². The largest absolute Gasteiger partial charge is 0.388 e. The second-order valence-electron chi connectivity index (χ2n) is 4.23. The van der Waals surface area contributed by atoms with Gasteiger partial charge in [0, 0.05) is 12.7 Å². The SMILES string of the molecule is N#Cc1ccc(NCC2(O)CCSCC2)nc1. The highest BCUT2D eigenvalue weighted by Crippen LogP contribution is 2.26. The van der Waals surface area contributed by atoms with E-state index in [2.05, 4.69) is 10.3 Å². The Morgan fingerprint density at radius 1 is 1.47 bits per heavy atom. The Balaban J connectivity index is 1.90. The summed E-state index contributed by atoms with van der Waals surface area (Å²) in [7, 11) is 0. The fraction of sp³-hybridized carbons (Fsp3) is 0.500. The number of thioether (sulfide) groups is 1. The third-order valence-corrected chi connectivity index (χ3v) is 3.90. The number of pyridine rings is 1. The van der Waals surface area contributed by atoms with Gasteiger partial charge < -0.3 is 10.4 Å². The molecular formula is C12H15N3OS. The van der Waals surface area contributed by atoms with Crippen LogP contribution in [0.15, 0.2) is 18.3 Å². The summed E-state index contributed by atoms with van der Waals surface area (Å²) < 4.78 is 0. The molecule has 1 aromatic rings. The van der Waals surface area contributed by atoms with Crippen LogP contribution in [0, 0.1) is 11.3 Å². The molecule has 0 unspecified atom stereocenters. The van der Waals surface area contributed by atoms with Crippen molar-refractivity contribution in [3.05, 3.63) is 23.9 Å². The summed E-state index contributed by atoms with van der Waals surface area (Å²) in [5.74, 6) is 2.73. The molecule has 1 aliphatic heterocycles. The average molecular weight is 249 g/mol. The van der Waals surface area contributed by atoms with Crippen LogP contribution < -0.4 is 5.32 Å². The summed E-state index contributed by atoms with van der Waals surface area (Å²) >= 11 is 1.88. The van der Waals surface area contributed by atoms with Gasteiger partial charge in [0.15, 0.2) is 0 Å². The molecule has 2 rings (SSSR count). The van der Waals surface area contributed by atoms with Gasteiger partial charge in [-0.1, -0.05) is 0 Å². The Morgan fingerprint density at radius 2 is 2.24 bits per heavy atom. The van der Waals surface area contributed by atoms with E-state index in [9.17, 15) is 5.11 Å². The monoisotopic (exact) mass is 249 g/mol. The van der Waals surface area contributed by atoms with Crippen molar-refractivity contribution < 1.29 is 5.11 Å². The fourth-order valence-corrected chi connectivity index (χ4v) is 3.00. The predicted octanol–water partition coefficient (Wildman–Crippen LogP) is 1.62. The molecule has 5 heteroatoms. The molecule has 2 N–H and O–H groups in total. The predicted molar refractivity (Wildman–Crippen MR) is 69.0 cm³/mol. The number of aliphatic hydroxyl groups is 1. The number of aromatic nitrogens is 1. The van der Waals surface area contributed by atoms with Crippen LogP contribution >= 0.6 is 11.8 Å². The maximum absolute atomic E-state index is 10.3. The van der Waals surface area contributed by atoms with E-state index in [-0.39, 0.29) is 0 Å². The third-order valence-electron chi connectivity index (χ3n) is 2.91. The number of nitrogens with one attached hydrogen (secondary N) is 1. The normalized spacial score (nSPS) is 18.4. The topological polar surface area (TPSA) is 68.9 Å². The van der Waals surface area contributed by atoms with Crippen molar-refractivity contribution in [3.8, 4) is 6.07 Å². The zero-order valence-corrected chi connectivity index (χ0v) is 10.3. The lowest BCUT2D eigenvalue weighted by molar-refractivity contribution is 0.0453. The number of hydrogen-bond donors (Lipinski definition) is 2. The maximum Gasteiger partial charge on any atom is 0.126 e. The Morgan fingerprint density at radius 3 is 2.82 bits per heavy atom. The minimum absolute atomic E-state index is 0.520. The van der Waals surface area contributed by atoms with Gasteiger partial charge in [-0.2, -0.15) is 17.0 Å². The first-order valence-corrected chi connectivity index (χ1v) is 6.77. The van der Waals surface area contributed by atoms with Crippen LogP contribution in [-0.2, 0) is 0 Å². The van der Waals surface area contributed by atoms with Crippen LogP contribution in [0.3, 0.4) is 0 Å². The molecule has 17 heavy (non-hydrogen) atoms. The van der Waals surface area contributed by atoms with Gasteiger partial charge in [-0.3, -0.25) is 0 Å². The molecule has 90 valence electrons. The molecule has 1 aromatic heterocycles. The van der Waals surface area contributed by atoms with Gasteiger partial charge in [0.25, 0.3) is 0 Å². The molecular weight excluding hydrogens is 234 g/mol. The highest BCUT2D eigenvalue weighted by atomic mass is 32.2. The van der Waals surface area contributed by atoms with Gasteiger partial charge in [0.05, 0.1) is 11.2 Å². The zero-order chi connectivity index (χ0) is 12.1. The van der Waals surface area contributed by atoms with E-state index in [0.717, 1.165) is 24.3 Å². The number of nitrogens with zero attached hydrogens (tertiary/aromatic N) is 2. The molecule has 0 aliphatic carbocycles. The minimum atomic E-state index is -0.610. The van der Waals surface area contributed by atoms with Crippen molar-refractivity contribution in [1.29, 1.82) is 5.26 Å². The molecule has 0 bridgehead atoms. The first-order chi connectivity index (χ1) is 8.22. The van der Waals surface area contributed by atoms with E-state index in [4.69, 9.17) is 5.26 Å². The zero-order valence-electron chi connectivity index (χ0n) is 9.52. The summed E-state index contributed by atoms with van der Waals surface area (Å²) in [4.78, 5) is 4.12. The number of anilines is 1. The summed E-state index contributed by atoms with van der Waals surface area (Å²) in [6, 6.07) is 5.51. The molecule has 2 heterocycles. The van der Waals surface area contributed by atoms with Crippen LogP contribution in [0.1, 0.15) is 18.4 Å². The van der Waals surface area contributed by atoms with Gasteiger partial charge in [-0.25, -0.2) is 4.98 Å². The molecule has 0 radical (unpaired) electrons. The van der Waals surface area contributed by atoms with Crippen LogP contribution in [0.25, 0.3) is 0 Å². The highest BCUT2D eigenvalue weighted by molar-refractivity contribution is 7.99. The number of hydrogen-bond acceptors (Lipinski definition) is 5. The quantitative estimate of drug-likeness (QED) is 0.852. The second kappa shape index (κ2) is 5.39. The molecule has 1 fully saturated rings. The van der Waals surface area contributed by atoms with E-state index < -0.39 is 5.60 Å². The molecule has 0 saturated carbocycles. The maximum atomic E-state index is 10.3. The molecule has 0 aromatic carbocycles. The molecule has 1 aliphatic rings. The fourth-order valence-electron chi connectivity index (χ4n) is 1.75. The van der Waals surface area contributed by atoms with E-state index in [0.29, 0.717) is 17.9 Å². The second-order valence-corrected chi connectivity index (χ2v) is 5.46. The molecule has 0 spiro atoms. The summed E-state index contributed by atoms with van der Waals surface area (Å²) in [6.07, 6.45) is 3.17. The van der Waals surface area contributed by atoms with Gasteiger partial charge >= 0.3 is 0 Å². The lowest BCUT2D eigenvalue weighted by Crippen LogP contribution is -2.40. The lowest BCUT2D eigenvalue weighted by Gasteiger charge is -2.31. The third kappa shape index (κ3) is 3.35.